The zero-order valence-electron chi connectivity index (χ0n) is 13.2. The van der Waals surface area contributed by atoms with Gasteiger partial charge in [-0.3, -0.25) is 4.72 Å². The highest BCUT2D eigenvalue weighted by molar-refractivity contribution is 7.92. The molecule has 0 saturated heterocycles. The molecule has 2 aromatic rings. The Morgan fingerprint density at radius 3 is 2.48 bits per heavy atom. The summed E-state index contributed by atoms with van der Waals surface area (Å²) in [4.78, 5) is 0.0149. The van der Waals surface area contributed by atoms with Gasteiger partial charge in [-0.05, 0) is 32.4 Å². The third kappa shape index (κ3) is 4.39. The van der Waals surface area contributed by atoms with Crippen LogP contribution in [-0.4, -0.2) is 44.0 Å². The molecule has 9 nitrogen and oxygen atoms in total. The van der Waals surface area contributed by atoms with E-state index in [9.17, 15) is 8.42 Å². The van der Waals surface area contributed by atoms with Crippen LogP contribution in [0.2, 0.25) is 0 Å². The lowest BCUT2D eigenvalue weighted by Crippen LogP contribution is -2.16. The predicted octanol–water partition coefficient (Wildman–Crippen LogP) is 1.33. The monoisotopic (exact) mass is 341 g/mol. The molecule has 0 saturated carbocycles. The molecule has 0 radical (unpaired) electrons. The van der Waals surface area contributed by atoms with Gasteiger partial charge in [0.25, 0.3) is 10.0 Å². The molecule has 2 N–H and O–H groups in total. The van der Waals surface area contributed by atoms with Crippen LogP contribution in [0.5, 0.6) is 0 Å². The fourth-order valence-corrected chi connectivity index (χ4v) is 3.29. The van der Waals surface area contributed by atoms with E-state index >= 15 is 0 Å². The van der Waals surface area contributed by atoms with E-state index in [2.05, 4.69) is 25.4 Å². The van der Waals surface area contributed by atoms with Gasteiger partial charge in [-0.15, -0.1) is 10.2 Å². The molecule has 0 aliphatic rings. The maximum atomic E-state index is 12.3. The Bertz CT molecular complexity index is 723. The molecule has 0 bridgehead atoms. The van der Waals surface area contributed by atoms with E-state index in [-0.39, 0.29) is 16.5 Å². The number of methoxy groups -OCH3 is 1. The molecule has 2 rings (SSSR count). The Balaban J connectivity index is 2.03. The van der Waals surface area contributed by atoms with Crippen molar-refractivity contribution in [1.82, 2.24) is 15.4 Å². The van der Waals surface area contributed by atoms with Gasteiger partial charge in [-0.2, -0.15) is 0 Å². The van der Waals surface area contributed by atoms with Crippen LogP contribution in [0.15, 0.2) is 21.6 Å². The Kier molecular flexibility index (Phi) is 5.50. The lowest BCUT2D eigenvalue weighted by Gasteiger charge is -2.07. The van der Waals surface area contributed by atoms with Crippen LogP contribution in [0, 0.1) is 13.8 Å². The van der Waals surface area contributed by atoms with Crippen molar-refractivity contribution in [2.75, 3.05) is 30.3 Å². The third-order valence-electron chi connectivity index (χ3n) is 2.97. The molecule has 23 heavy (non-hydrogen) atoms. The first-order chi connectivity index (χ1) is 10.9. The van der Waals surface area contributed by atoms with E-state index in [0.29, 0.717) is 24.7 Å². The number of nitrogens with one attached hydrogen (secondary N) is 2. The van der Waals surface area contributed by atoms with Crippen LogP contribution >= 0.6 is 0 Å². The molecule has 2 heterocycles. The van der Waals surface area contributed by atoms with Gasteiger partial charge < -0.3 is 14.6 Å². The summed E-state index contributed by atoms with van der Waals surface area (Å²) in [5.41, 5.74) is 0.291. The Morgan fingerprint density at radius 1 is 1.22 bits per heavy atom. The van der Waals surface area contributed by atoms with Gasteiger partial charge in [0.1, 0.15) is 11.5 Å². The molecular weight excluding hydrogens is 322 g/mol. The molecule has 2 aromatic heterocycles. The van der Waals surface area contributed by atoms with E-state index in [0.717, 1.165) is 6.42 Å². The van der Waals surface area contributed by atoms with Crippen molar-refractivity contribution < 1.29 is 17.7 Å². The number of hydrogen-bond acceptors (Lipinski definition) is 8. The van der Waals surface area contributed by atoms with Crippen LogP contribution in [0.4, 0.5) is 11.6 Å². The van der Waals surface area contributed by atoms with Crippen molar-refractivity contribution in [3.63, 3.8) is 0 Å². The van der Waals surface area contributed by atoms with Crippen LogP contribution in [-0.2, 0) is 14.8 Å². The van der Waals surface area contributed by atoms with Gasteiger partial charge in [0.05, 0.1) is 0 Å². The van der Waals surface area contributed by atoms with E-state index in [1.165, 1.54) is 13.0 Å². The molecule has 126 valence electrons. The van der Waals surface area contributed by atoms with E-state index < -0.39 is 10.0 Å². The maximum Gasteiger partial charge on any atom is 0.268 e. The molecule has 0 fully saturated rings. The molecule has 0 amide bonds. The average molecular weight is 341 g/mol. The summed E-state index contributed by atoms with van der Waals surface area (Å²) in [6, 6.07) is 3.17. The summed E-state index contributed by atoms with van der Waals surface area (Å²) in [5.74, 6) is 0.897. The highest BCUT2D eigenvalue weighted by Gasteiger charge is 2.24. The zero-order valence-corrected chi connectivity index (χ0v) is 14.0. The molecule has 0 aliphatic carbocycles. The van der Waals surface area contributed by atoms with Gasteiger partial charge in [0, 0.05) is 20.3 Å². The van der Waals surface area contributed by atoms with Crippen LogP contribution in [0.1, 0.15) is 17.9 Å². The first kappa shape index (κ1) is 17.2. The largest absolute Gasteiger partial charge is 0.385 e. The van der Waals surface area contributed by atoms with Crippen molar-refractivity contribution in [3.8, 4) is 0 Å². The van der Waals surface area contributed by atoms with E-state index in [1.54, 1.807) is 20.1 Å². The number of nitrogens with zero attached hydrogens (tertiary/aromatic N) is 3. The maximum absolute atomic E-state index is 12.3. The zero-order chi connectivity index (χ0) is 16.9. The quantitative estimate of drug-likeness (QED) is 0.690. The van der Waals surface area contributed by atoms with Crippen LogP contribution in [0.25, 0.3) is 0 Å². The first-order valence-electron chi connectivity index (χ1n) is 6.96. The minimum absolute atomic E-state index is 0.0149. The predicted molar refractivity (Wildman–Crippen MR) is 83.8 cm³/mol. The second-order valence-electron chi connectivity index (χ2n) is 4.84. The summed E-state index contributed by atoms with van der Waals surface area (Å²) in [5, 5.41) is 14.5. The molecule has 0 aliphatic heterocycles. The number of hydrogen-bond donors (Lipinski definition) is 2. The van der Waals surface area contributed by atoms with Gasteiger partial charge >= 0.3 is 0 Å². The molecule has 0 spiro atoms. The van der Waals surface area contributed by atoms with E-state index in [1.807, 2.05) is 0 Å². The normalized spacial score (nSPS) is 11.4. The summed E-state index contributed by atoms with van der Waals surface area (Å²) in [7, 11) is -2.18. The summed E-state index contributed by atoms with van der Waals surface area (Å²) in [6.45, 7) is 4.43. The molecule has 0 atom stereocenters. The fourth-order valence-electron chi connectivity index (χ4n) is 1.96. The third-order valence-corrected chi connectivity index (χ3v) is 4.57. The summed E-state index contributed by atoms with van der Waals surface area (Å²) in [6.07, 6.45) is 0.832. The highest BCUT2D eigenvalue weighted by atomic mass is 32.2. The minimum Gasteiger partial charge on any atom is -0.385 e. The summed E-state index contributed by atoms with van der Waals surface area (Å²) < 4.78 is 36.8. The SMILES string of the molecule is COCCCNc1ccc(NS(=O)(=O)c2c(C)noc2C)nn1. The highest BCUT2D eigenvalue weighted by Crippen LogP contribution is 2.21. The van der Waals surface area contributed by atoms with Crippen molar-refractivity contribution >= 4 is 21.7 Å². The smallest absolute Gasteiger partial charge is 0.268 e. The molecule has 0 unspecified atom stereocenters. The Hall–Kier alpha value is -2.20. The Morgan fingerprint density at radius 2 is 1.91 bits per heavy atom. The second-order valence-corrected chi connectivity index (χ2v) is 6.45. The number of sulfonamides is 1. The van der Waals surface area contributed by atoms with Crippen molar-refractivity contribution in [2.45, 2.75) is 25.2 Å². The van der Waals surface area contributed by atoms with Crippen molar-refractivity contribution in [3.05, 3.63) is 23.6 Å². The van der Waals surface area contributed by atoms with Crippen LogP contribution < -0.4 is 10.0 Å². The average Bonchev–Trinajstić information content (AvgIpc) is 2.85. The van der Waals surface area contributed by atoms with Crippen molar-refractivity contribution in [1.29, 1.82) is 0 Å². The Labute approximate surface area is 134 Å². The first-order valence-corrected chi connectivity index (χ1v) is 8.44. The van der Waals surface area contributed by atoms with Gasteiger partial charge in [0.15, 0.2) is 16.5 Å². The van der Waals surface area contributed by atoms with Gasteiger partial charge in [0.2, 0.25) is 0 Å². The minimum atomic E-state index is -3.81. The number of aromatic nitrogens is 3. The second kappa shape index (κ2) is 7.38. The molecular formula is C13H19N5O4S. The number of ether oxygens (including phenoxy) is 1. The number of anilines is 2. The van der Waals surface area contributed by atoms with Crippen LogP contribution in [0.3, 0.4) is 0 Å². The standard InChI is InChI=1S/C13H19N5O4S/c1-9-13(10(2)22-17-9)23(19,20)18-12-6-5-11(15-16-12)14-7-4-8-21-3/h5-6H,4,7-8H2,1-3H3,(H,14,15)(H,16,18). The van der Waals surface area contributed by atoms with Gasteiger partial charge in [-0.1, -0.05) is 5.16 Å². The lowest BCUT2D eigenvalue weighted by atomic mass is 10.4. The van der Waals surface area contributed by atoms with Gasteiger partial charge in [-0.25, -0.2) is 8.42 Å². The topological polar surface area (TPSA) is 119 Å². The molecule has 0 aromatic carbocycles. The summed E-state index contributed by atoms with van der Waals surface area (Å²) >= 11 is 0. The fraction of sp³-hybridized carbons (Fsp3) is 0.462. The van der Waals surface area contributed by atoms with E-state index in [4.69, 9.17) is 9.26 Å². The lowest BCUT2D eigenvalue weighted by molar-refractivity contribution is 0.197. The van der Waals surface area contributed by atoms with Crippen molar-refractivity contribution in [2.24, 2.45) is 0 Å². The number of rotatable bonds is 8. The number of aryl methyl sites for hydroxylation is 2. The molecule has 10 heteroatoms.